The summed E-state index contributed by atoms with van der Waals surface area (Å²) in [7, 11) is 0. The van der Waals surface area contributed by atoms with Crippen LogP contribution in [0, 0.1) is 6.92 Å². The molecule has 2 aromatic rings. The zero-order chi connectivity index (χ0) is 15.6. The molecule has 2 aromatic carbocycles. The van der Waals surface area contributed by atoms with E-state index in [1.807, 2.05) is 6.92 Å². The summed E-state index contributed by atoms with van der Waals surface area (Å²) in [5.74, 6) is -1.11. The number of Topliss-reactive ketones (excluding diaryl/α,β-unsaturated/α-hetero) is 1. The fraction of sp³-hybridized carbons (Fsp3) is 0.125. The molecule has 21 heavy (non-hydrogen) atoms. The summed E-state index contributed by atoms with van der Waals surface area (Å²) in [6.07, 6.45) is 0. The fourth-order valence-electron chi connectivity index (χ4n) is 1.93. The summed E-state index contributed by atoms with van der Waals surface area (Å²) in [6, 6.07) is 9.90. The number of carbonyl (C=O) groups is 2. The van der Waals surface area contributed by atoms with Gasteiger partial charge in [-0.1, -0.05) is 23.2 Å². The maximum Gasteiger partial charge on any atom is 0.337 e. The van der Waals surface area contributed by atoms with E-state index < -0.39 is 5.97 Å². The number of benzene rings is 2. The third kappa shape index (κ3) is 3.41. The van der Waals surface area contributed by atoms with Gasteiger partial charge in [-0.05, 0) is 44.2 Å². The van der Waals surface area contributed by atoms with Crippen LogP contribution in [0.2, 0.25) is 5.02 Å². The molecule has 5 heteroatoms. The number of carboxylic acid groups (broad SMARTS) is 1. The van der Waals surface area contributed by atoms with Gasteiger partial charge >= 0.3 is 5.97 Å². The Morgan fingerprint density at radius 3 is 2.43 bits per heavy atom. The molecule has 0 aliphatic rings. The lowest BCUT2D eigenvalue weighted by molar-refractivity contribution is 0.0697. The highest BCUT2D eigenvalue weighted by Gasteiger charge is 2.12. The third-order valence-electron chi connectivity index (χ3n) is 3.05. The summed E-state index contributed by atoms with van der Waals surface area (Å²) < 4.78 is 0. The minimum Gasteiger partial charge on any atom is -0.478 e. The summed E-state index contributed by atoms with van der Waals surface area (Å²) in [5.41, 5.74) is 2.43. The highest BCUT2D eigenvalue weighted by atomic mass is 35.5. The minimum absolute atomic E-state index is 0.0860. The highest BCUT2D eigenvalue weighted by Crippen LogP contribution is 2.29. The number of hydrogen-bond acceptors (Lipinski definition) is 3. The Kier molecular flexibility index (Phi) is 4.29. The van der Waals surface area contributed by atoms with Crippen molar-refractivity contribution >= 4 is 34.7 Å². The minimum atomic E-state index is -1.03. The molecule has 4 nitrogen and oxygen atoms in total. The van der Waals surface area contributed by atoms with Gasteiger partial charge in [-0.15, -0.1) is 0 Å². The van der Waals surface area contributed by atoms with Gasteiger partial charge in [0.2, 0.25) is 0 Å². The van der Waals surface area contributed by atoms with E-state index in [1.54, 1.807) is 36.4 Å². The molecular formula is C16H14ClNO3. The van der Waals surface area contributed by atoms with Crippen molar-refractivity contribution in [3.8, 4) is 0 Å². The van der Waals surface area contributed by atoms with Crippen LogP contribution in [0.4, 0.5) is 11.4 Å². The van der Waals surface area contributed by atoms with Gasteiger partial charge in [0.05, 0.1) is 22.0 Å². The number of aromatic carboxylic acids is 1. The molecule has 108 valence electrons. The van der Waals surface area contributed by atoms with Crippen LogP contribution in [-0.2, 0) is 0 Å². The maximum absolute atomic E-state index is 11.4. The molecule has 0 unspecified atom stereocenters. The van der Waals surface area contributed by atoms with Crippen molar-refractivity contribution in [2.75, 3.05) is 5.32 Å². The zero-order valence-electron chi connectivity index (χ0n) is 11.6. The molecule has 0 radical (unpaired) electrons. The van der Waals surface area contributed by atoms with Gasteiger partial charge in [0.15, 0.2) is 5.78 Å². The van der Waals surface area contributed by atoms with Crippen molar-refractivity contribution in [3.05, 3.63) is 58.1 Å². The van der Waals surface area contributed by atoms with Gasteiger partial charge in [-0.25, -0.2) is 4.79 Å². The molecule has 0 heterocycles. The van der Waals surface area contributed by atoms with Crippen LogP contribution < -0.4 is 5.32 Å². The number of hydrogen-bond donors (Lipinski definition) is 2. The Bertz CT molecular complexity index is 725. The van der Waals surface area contributed by atoms with Crippen molar-refractivity contribution < 1.29 is 14.7 Å². The van der Waals surface area contributed by atoms with E-state index in [2.05, 4.69) is 5.32 Å². The van der Waals surface area contributed by atoms with Crippen LogP contribution >= 0.6 is 11.6 Å². The van der Waals surface area contributed by atoms with Crippen LogP contribution in [0.3, 0.4) is 0 Å². The summed E-state index contributed by atoms with van der Waals surface area (Å²) >= 11 is 6.09. The second-order valence-electron chi connectivity index (χ2n) is 4.73. The lowest BCUT2D eigenvalue weighted by atomic mass is 10.1. The normalized spacial score (nSPS) is 10.2. The molecule has 0 atom stereocenters. The molecule has 2 rings (SSSR count). The molecule has 0 amide bonds. The quantitative estimate of drug-likeness (QED) is 0.827. The molecule has 0 spiro atoms. The first kappa shape index (κ1) is 15.1. The predicted octanol–water partition coefficient (Wildman–Crippen LogP) is 4.29. The van der Waals surface area contributed by atoms with E-state index in [0.29, 0.717) is 22.0 Å². The van der Waals surface area contributed by atoms with Crippen molar-refractivity contribution in [1.29, 1.82) is 0 Å². The largest absolute Gasteiger partial charge is 0.478 e. The molecule has 0 aliphatic carbocycles. The maximum atomic E-state index is 11.4. The zero-order valence-corrected chi connectivity index (χ0v) is 12.4. The van der Waals surface area contributed by atoms with E-state index >= 15 is 0 Å². The molecule has 0 bridgehead atoms. The number of carbonyl (C=O) groups excluding carboxylic acids is 1. The topological polar surface area (TPSA) is 66.4 Å². The molecule has 0 aliphatic heterocycles. The first-order chi connectivity index (χ1) is 9.88. The number of anilines is 2. The van der Waals surface area contributed by atoms with E-state index in [9.17, 15) is 14.7 Å². The van der Waals surface area contributed by atoms with Crippen LogP contribution in [0.5, 0.6) is 0 Å². The Morgan fingerprint density at radius 2 is 1.81 bits per heavy atom. The van der Waals surface area contributed by atoms with E-state index in [-0.39, 0.29) is 11.3 Å². The van der Waals surface area contributed by atoms with Gasteiger partial charge in [0.1, 0.15) is 0 Å². The first-order valence-electron chi connectivity index (χ1n) is 6.30. The monoisotopic (exact) mass is 303 g/mol. The molecule has 0 aromatic heterocycles. The van der Waals surface area contributed by atoms with Crippen molar-refractivity contribution in [2.45, 2.75) is 13.8 Å². The van der Waals surface area contributed by atoms with Crippen molar-refractivity contribution in [3.63, 3.8) is 0 Å². The summed E-state index contributed by atoms with van der Waals surface area (Å²) in [5, 5.41) is 12.6. The SMILES string of the molecule is CC(=O)c1ccc(Cl)c(Nc2ccc(C)cc2C(=O)O)c1. The lowest BCUT2D eigenvalue weighted by Crippen LogP contribution is -2.04. The average Bonchev–Trinajstić information content (AvgIpc) is 2.42. The van der Waals surface area contributed by atoms with E-state index in [0.717, 1.165) is 5.56 Å². The number of rotatable bonds is 4. The number of aryl methyl sites for hydroxylation is 1. The second kappa shape index (κ2) is 5.97. The Balaban J connectivity index is 2.45. The van der Waals surface area contributed by atoms with Crippen LogP contribution in [0.15, 0.2) is 36.4 Å². The predicted molar refractivity (Wildman–Crippen MR) is 82.9 cm³/mol. The number of ketones is 1. The second-order valence-corrected chi connectivity index (χ2v) is 5.14. The molecule has 0 fully saturated rings. The number of nitrogens with one attached hydrogen (secondary N) is 1. The lowest BCUT2D eigenvalue weighted by Gasteiger charge is -2.12. The molecular weight excluding hydrogens is 290 g/mol. The summed E-state index contributed by atoms with van der Waals surface area (Å²) in [4.78, 5) is 22.7. The van der Waals surface area contributed by atoms with Gasteiger partial charge < -0.3 is 10.4 Å². The van der Waals surface area contributed by atoms with Gasteiger partial charge in [0, 0.05) is 5.56 Å². The fourth-order valence-corrected chi connectivity index (χ4v) is 2.09. The summed E-state index contributed by atoms with van der Waals surface area (Å²) in [6.45, 7) is 3.28. The smallest absolute Gasteiger partial charge is 0.337 e. The number of carboxylic acids is 1. The average molecular weight is 304 g/mol. The van der Waals surface area contributed by atoms with Crippen molar-refractivity contribution in [1.82, 2.24) is 0 Å². The van der Waals surface area contributed by atoms with E-state index in [4.69, 9.17) is 11.6 Å². The first-order valence-corrected chi connectivity index (χ1v) is 6.67. The Hall–Kier alpha value is -2.33. The Morgan fingerprint density at radius 1 is 1.10 bits per heavy atom. The van der Waals surface area contributed by atoms with Crippen LogP contribution in [-0.4, -0.2) is 16.9 Å². The number of halogens is 1. The van der Waals surface area contributed by atoms with Gasteiger partial charge in [0.25, 0.3) is 0 Å². The Labute approximate surface area is 127 Å². The standard InChI is InChI=1S/C16H14ClNO3/c1-9-3-6-14(12(7-9)16(20)21)18-15-8-11(10(2)19)4-5-13(15)17/h3-8,18H,1-2H3,(H,20,21). The molecule has 2 N–H and O–H groups in total. The van der Waals surface area contributed by atoms with Crippen LogP contribution in [0.25, 0.3) is 0 Å². The van der Waals surface area contributed by atoms with Crippen LogP contribution in [0.1, 0.15) is 33.2 Å². The third-order valence-corrected chi connectivity index (χ3v) is 3.38. The van der Waals surface area contributed by atoms with Gasteiger partial charge in [-0.2, -0.15) is 0 Å². The molecule has 0 saturated carbocycles. The van der Waals surface area contributed by atoms with E-state index in [1.165, 1.54) is 6.92 Å². The molecule has 0 saturated heterocycles. The van der Waals surface area contributed by atoms with Gasteiger partial charge in [-0.3, -0.25) is 4.79 Å². The van der Waals surface area contributed by atoms with Crippen molar-refractivity contribution in [2.24, 2.45) is 0 Å². The highest BCUT2D eigenvalue weighted by molar-refractivity contribution is 6.33.